The molecule has 10 heteroatoms. The summed E-state index contributed by atoms with van der Waals surface area (Å²) in [4.78, 5) is 30.0. The highest BCUT2D eigenvalue weighted by atomic mass is 32.2. The number of carbonyl (C=O) groups excluding carboxylic acids is 2. The summed E-state index contributed by atoms with van der Waals surface area (Å²) in [5.74, 6) is -0.231. The second-order valence-electron chi connectivity index (χ2n) is 10.0. The number of anilines is 1. The lowest BCUT2D eigenvalue weighted by Crippen LogP contribution is -2.45. The van der Waals surface area contributed by atoms with Gasteiger partial charge in [0.05, 0.1) is 18.5 Å². The lowest BCUT2D eigenvalue weighted by molar-refractivity contribution is -0.136. The third kappa shape index (κ3) is 7.46. The minimum absolute atomic E-state index is 0.0820. The summed E-state index contributed by atoms with van der Waals surface area (Å²) in [6, 6.07) is 13.2. The van der Waals surface area contributed by atoms with Crippen molar-refractivity contribution in [2.75, 3.05) is 43.3 Å². The Bertz CT molecular complexity index is 1240. The van der Waals surface area contributed by atoms with Crippen molar-refractivity contribution in [3.63, 3.8) is 0 Å². The molecule has 1 atom stereocenters. The van der Waals surface area contributed by atoms with E-state index in [4.69, 9.17) is 4.74 Å². The Kier molecular flexibility index (Phi) is 9.25. The Labute approximate surface area is 224 Å². The van der Waals surface area contributed by atoms with Crippen molar-refractivity contribution in [2.24, 2.45) is 0 Å². The molecule has 2 heterocycles. The molecule has 8 nitrogen and oxygen atoms in total. The van der Waals surface area contributed by atoms with Gasteiger partial charge in [0.2, 0.25) is 21.8 Å². The fourth-order valence-corrected chi connectivity index (χ4v) is 6.05. The number of carbonyl (C=O) groups is 2. The topological polar surface area (TPSA) is 87.2 Å². The van der Waals surface area contributed by atoms with Crippen molar-refractivity contribution in [1.82, 2.24) is 9.80 Å². The summed E-state index contributed by atoms with van der Waals surface area (Å²) in [5, 5.41) is 0. The maximum atomic E-state index is 13.8. The van der Waals surface area contributed by atoms with Gasteiger partial charge in [0.25, 0.3) is 0 Å². The highest BCUT2D eigenvalue weighted by molar-refractivity contribution is 7.92. The van der Waals surface area contributed by atoms with Crippen molar-refractivity contribution in [3.05, 3.63) is 59.9 Å². The summed E-state index contributed by atoms with van der Waals surface area (Å²) < 4.78 is 45.7. The molecule has 38 heavy (non-hydrogen) atoms. The number of aryl methyl sites for hydroxylation is 1. The molecule has 2 aliphatic rings. The molecule has 2 aromatic rings. The van der Waals surface area contributed by atoms with Crippen LogP contribution >= 0.6 is 0 Å². The maximum absolute atomic E-state index is 13.8. The number of ether oxygens (including phenoxy) is 1. The molecule has 2 aliphatic heterocycles. The van der Waals surface area contributed by atoms with Crippen LogP contribution < -0.4 is 9.04 Å². The van der Waals surface area contributed by atoms with Gasteiger partial charge in [-0.05, 0) is 74.4 Å². The van der Waals surface area contributed by atoms with Crippen LogP contribution in [0.1, 0.15) is 44.1 Å². The van der Waals surface area contributed by atoms with E-state index in [1.165, 1.54) is 23.1 Å². The van der Waals surface area contributed by atoms with Crippen molar-refractivity contribution in [2.45, 2.75) is 51.0 Å². The van der Waals surface area contributed by atoms with Crippen LogP contribution in [0.2, 0.25) is 0 Å². The van der Waals surface area contributed by atoms with Gasteiger partial charge in [0.15, 0.2) is 0 Å². The number of amides is 2. The number of sulfonamides is 1. The van der Waals surface area contributed by atoms with Gasteiger partial charge in [0, 0.05) is 25.6 Å². The fourth-order valence-electron chi connectivity index (χ4n) is 5.21. The van der Waals surface area contributed by atoms with Gasteiger partial charge in [-0.25, -0.2) is 12.8 Å². The fraction of sp³-hybridized carbons (Fsp3) is 0.500. The molecule has 1 saturated heterocycles. The van der Waals surface area contributed by atoms with E-state index < -0.39 is 28.3 Å². The highest BCUT2D eigenvalue weighted by Gasteiger charge is 2.28. The Morgan fingerprint density at radius 1 is 1.03 bits per heavy atom. The zero-order chi connectivity index (χ0) is 27.1. The molecular weight excluding hydrogens is 509 g/mol. The average molecular weight is 546 g/mol. The van der Waals surface area contributed by atoms with Gasteiger partial charge in [-0.15, -0.1) is 0 Å². The summed E-state index contributed by atoms with van der Waals surface area (Å²) in [6.07, 6.45) is 6.63. The van der Waals surface area contributed by atoms with Crippen LogP contribution in [0.3, 0.4) is 0 Å². The van der Waals surface area contributed by atoms with Gasteiger partial charge in [-0.3, -0.25) is 13.9 Å². The second-order valence-corrected chi connectivity index (χ2v) is 11.9. The first kappa shape index (κ1) is 27.9. The molecule has 0 saturated carbocycles. The highest BCUT2D eigenvalue weighted by Crippen LogP contribution is 2.24. The number of hydrogen-bond acceptors (Lipinski definition) is 5. The van der Waals surface area contributed by atoms with E-state index in [0.29, 0.717) is 18.6 Å². The molecule has 0 radical (unpaired) electrons. The van der Waals surface area contributed by atoms with E-state index in [1.807, 2.05) is 23.1 Å². The van der Waals surface area contributed by atoms with Crippen LogP contribution in [0, 0.1) is 5.82 Å². The summed E-state index contributed by atoms with van der Waals surface area (Å²) in [5.41, 5.74) is 1.22. The van der Waals surface area contributed by atoms with Crippen LogP contribution in [0.4, 0.5) is 10.1 Å². The van der Waals surface area contributed by atoms with E-state index in [2.05, 4.69) is 6.07 Å². The molecule has 1 unspecified atom stereocenters. The van der Waals surface area contributed by atoms with Crippen LogP contribution in [0.5, 0.6) is 5.75 Å². The quantitative estimate of drug-likeness (QED) is 0.586. The van der Waals surface area contributed by atoms with Crippen molar-refractivity contribution < 1.29 is 27.1 Å². The van der Waals surface area contributed by atoms with E-state index in [0.717, 1.165) is 60.8 Å². The predicted molar refractivity (Wildman–Crippen MR) is 144 cm³/mol. The predicted octanol–water partition coefficient (Wildman–Crippen LogP) is 3.61. The van der Waals surface area contributed by atoms with Gasteiger partial charge < -0.3 is 14.5 Å². The van der Waals surface area contributed by atoms with Crippen LogP contribution in [0.15, 0.2) is 48.5 Å². The molecule has 0 N–H and O–H groups in total. The zero-order valence-electron chi connectivity index (χ0n) is 21.9. The van der Waals surface area contributed by atoms with E-state index in [1.54, 1.807) is 0 Å². The molecular formula is C28H36FN3O5S. The van der Waals surface area contributed by atoms with Gasteiger partial charge in [-0.1, -0.05) is 18.2 Å². The molecule has 2 amide bonds. The number of piperidine rings is 1. The summed E-state index contributed by atoms with van der Waals surface area (Å²) in [6.45, 7) is 1.01. The van der Waals surface area contributed by atoms with Crippen LogP contribution in [0.25, 0.3) is 0 Å². The Hall–Kier alpha value is -3.14. The molecule has 1 fully saturated rings. The third-order valence-corrected chi connectivity index (χ3v) is 8.33. The van der Waals surface area contributed by atoms with E-state index in [9.17, 15) is 22.4 Å². The number of rotatable bonds is 4. The Morgan fingerprint density at radius 2 is 1.84 bits per heavy atom. The first-order valence-corrected chi connectivity index (χ1v) is 15.1. The van der Waals surface area contributed by atoms with Crippen LogP contribution in [-0.2, 0) is 26.0 Å². The van der Waals surface area contributed by atoms with Gasteiger partial charge in [-0.2, -0.15) is 0 Å². The first-order chi connectivity index (χ1) is 18.2. The van der Waals surface area contributed by atoms with E-state index in [-0.39, 0.29) is 37.3 Å². The van der Waals surface area contributed by atoms with E-state index >= 15 is 0 Å². The molecule has 0 aromatic heterocycles. The largest absolute Gasteiger partial charge is 0.492 e. The molecule has 2 aromatic carbocycles. The van der Waals surface area contributed by atoms with Gasteiger partial charge in [0.1, 0.15) is 24.7 Å². The Balaban J connectivity index is 1.53. The third-order valence-electron chi connectivity index (χ3n) is 7.19. The lowest BCUT2D eigenvalue weighted by atomic mass is 9.95. The number of benzene rings is 2. The molecule has 4 rings (SSSR count). The first-order valence-electron chi connectivity index (χ1n) is 13.2. The summed E-state index contributed by atoms with van der Waals surface area (Å²) >= 11 is 0. The molecule has 206 valence electrons. The van der Waals surface area contributed by atoms with Crippen molar-refractivity contribution in [3.8, 4) is 5.75 Å². The summed E-state index contributed by atoms with van der Waals surface area (Å²) in [7, 11) is -3.85. The number of halogens is 1. The minimum atomic E-state index is -3.85. The average Bonchev–Trinajstić information content (AvgIpc) is 2.89. The van der Waals surface area contributed by atoms with Crippen molar-refractivity contribution in [1.29, 1.82) is 0 Å². The Morgan fingerprint density at radius 3 is 2.63 bits per heavy atom. The minimum Gasteiger partial charge on any atom is -0.492 e. The maximum Gasteiger partial charge on any atom is 0.243 e. The van der Waals surface area contributed by atoms with Gasteiger partial charge >= 0.3 is 0 Å². The van der Waals surface area contributed by atoms with Crippen LogP contribution in [-0.4, -0.2) is 75.1 Å². The monoisotopic (exact) mass is 545 g/mol. The molecule has 0 aliphatic carbocycles. The lowest BCUT2D eigenvalue weighted by Gasteiger charge is -2.36. The SMILES string of the molecule is CS(=O)(=O)N(CC(=O)N1CCCC(=O)N2CCCCC2CCc2cccc(c2)OCC1)c1cccc(F)c1. The normalized spacial score (nSPS) is 19.5. The number of hydrogen-bond donors (Lipinski definition) is 0. The molecule has 0 spiro atoms. The number of fused-ring (bicyclic) bond motifs is 3. The standard InChI is InChI=1S/C28H36FN3O5S/c1-38(35,36)32(25-10-5-8-23(29)20-25)21-28(34)30-15-6-12-27(33)31-16-3-2-9-24(31)14-13-22-7-4-11-26(19-22)37-18-17-30/h4-5,7-8,10-11,19-20,24H,2-3,6,9,12-18,21H2,1H3. The number of nitrogens with zero attached hydrogens (tertiary/aromatic N) is 3. The second kappa shape index (κ2) is 12.6. The zero-order valence-corrected chi connectivity index (χ0v) is 22.7. The molecule has 2 bridgehead atoms. The van der Waals surface area contributed by atoms with Crippen molar-refractivity contribution >= 4 is 27.5 Å². The smallest absolute Gasteiger partial charge is 0.243 e.